The fourth-order valence-corrected chi connectivity index (χ4v) is 4.81. The number of halogens is 3. The summed E-state index contributed by atoms with van der Waals surface area (Å²) in [4.78, 5) is 11.3. The number of carbonyl (C=O) groups excluding carboxylic acids is 1. The van der Waals surface area contributed by atoms with Crippen LogP contribution in [0.25, 0.3) is 22.8 Å². The maximum atomic E-state index is 11.3. The summed E-state index contributed by atoms with van der Waals surface area (Å²) in [6, 6.07) is 11.3. The Morgan fingerprint density at radius 1 is 0.800 bits per heavy atom. The molecule has 0 saturated heterocycles. The zero-order valence-electron chi connectivity index (χ0n) is 12.7. The number of hydrogen-bond donors (Lipinski definition) is 0. The summed E-state index contributed by atoms with van der Waals surface area (Å²) in [6.07, 6.45) is 0. The van der Waals surface area contributed by atoms with Gasteiger partial charge in [-0.15, -0.1) is 20.4 Å². The molecule has 2 aromatic carbocycles. The molecule has 0 saturated carbocycles. The highest BCUT2D eigenvalue weighted by Gasteiger charge is 2.18. The molecule has 1 aromatic heterocycles. The van der Waals surface area contributed by atoms with Crippen molar-refractivity contribution >= 4 is 73.7 Å². The van der Waals surface area contributed by atoms with Gasteiger partial charge in [-0.1, -0.05) is 12.1 Å². The van der Waals surface area contributed by atoms with Crippen molar-refractivity contribution in [1.82, 2.24) is 20.4 Å². The van der Waals surface area contributed by atoms with E-state index in [-0.39, 0.29) is 0 Å². The molecular formula is C16H9I3N4O2. The Morgan fingerprint density at radius 2 is 1.24 bits per heavy atom. The number of benzene rings is 2. The second kappa shape index (κ2) is 8.16. The Morgan fingerprint density at radius 3 is 1.76 bits per heavy atom. The molecule has 0 amide bonds. The first kappa shape index (κ1) is 18.8. The van der Waals surface area contributed by atoms with Crippen LogP contribution >= 0.6 is 67.8 Å². The fourth-order valence-electron chi connectivity index (χ4n) is 2.10. The lowest BCUT2D eigenvalue weighted by atomic mass is 10.2. The van der Waals surface area contributed by atoms with Gasteiger partial charge in [0.15, 0.2) is 0 Å². The van der Waals surface area contributed by atoms with E-state index in [4.69, 9.17) is 4.74 Å². The summed E-state index contributed by atoms with van der Waals surface area (Å²) in [6.45, 7) is 1.35. The third kappa shape index (κ3) is 4.24. The predicted octanol–water partition coefficient (Wildman–Crippen LogP) is 4.34. The summed E-state index contributed by atoms with van der Waals surface area (Å²) in [5.74, 6) is 0.748. The molecule has 0 fully saturated rings. The molecule has 0 atom stereocenters. The third-order valence-electron chi connectivity index (χ3n) is 3.12. The normalized spacial score (nSPS) is 10.6. The van der Waals surface area contributed by atoms with E-state index in [1.807, 2.05) is 24.3 Å². The van der Waals surface area contributed by atoms with Crippen molar-refractivity contribution in [2.75, 3.05) is 0 Å². The van der Waals surface area contributed by atoms with Crippen LogP contribution in [-0.2, 0) is 4.79 Å². The van der Waals surface area contributed by atoms with Gasteiger partial charge in [-0.25, -0.2) is 0 Å². The minimum atomic E-state index is -0.408. The molecule has 0 N–H and O–H groups in total. The number of carbonyl (C=O) groups is 1. The van der Waals surface area contributed by atoms with E-state index in [1.165, 1.54) is 6.92 Å². The molecular weight excluding hydrogens is 661 g/mol. The smallest absolute Gasteiger partial charge is 0.308 e. The van der Waals surface area contributed by atoms with Gasteiger partial charge >= 0.3 is 5.97 Å². The minimum Gasteiger partial charge on any atom is -0.426 e. The van der Waals surface area contributed by atoms with Gasteiger partial charge < -0.3 is 4.74 Å². The van der Waals surface area contributed by atoms with Gasteiger partial charge in [-0.05, 0) is 92.0 Å². The topological polar surface area (TPSA) is 77.9 Å². The minimum absolute atomic E-state index is 0.311. The maximum absolute atomic E-state index is 11.3. The largest absolute Gasteiger partial charge is 0.426 e. The highest BCUT2D eigenvalue weighted by atomic mass is 127. The number of ether oxygens (including phenoxy) is 1. The van der Waals surface area contributed by atoms with Crippen LogP contribution in [0.3, 0.4) is 0 Å². The first-order valence-electron chi connectivity index (χ1n) is 6.96. The van der Waals surface area contributed by atoms with Crippen LogP contribution in [0.4, 0.5) is 0 Å². The highest BCUT2D eigenvalue weighted by Crippen LogP contribution is 2.32. The van der Waals surface area contributed by atoms with Crippen molar-refractivity contribution in [3.63, 3.8) is 0 Å². The van der Waals surface area contributed by atoms with E-state index in [1.54, 1.807) is 12.1 Å². The fraction of sp³-hybridized carbons (Fsp3) is 0.0625. The van der Waals surface area contributed by atoms with Crippen molar-refractivity contribution < 1.29 is 9.53 Å². The monoisotopic (exact) mass is 670 g/mol. The Hall–Kier alpha value is -0.960. The van der Waals surface area contributed by atoms with Crippen molar-refractivity contribution in [3.05, 3.63) is 47.1 Å². The lowest BCUT2D eigenvalue weighted by molar-refractivity contribution is -0.131. The van der Waals surface area contributed by atoms with Crippen LogP contribution in [0.1, 0.15) is 6.92 Å². The summed E-state index contributed by atoms with van der Waals surface area (Å²) < 4.78 is 8.14. The van der Waals surface area contributed by atoms with E-state index in [0.717, 1.165) is 16.3 Å². The molecule has 0 aliphatic heterocycles. The number of nitrogens with zero attached hydrogens (tertiary/aromatic N) is 4. The zero-order chi connectivity index (χ0) is 18.0. The van der Waals surface area contributed by atoms with Gasteiger partial charge in [0.1, 0.15) is 5.75 Å². The molecule has 0 bridgehead atoms. The van der Waals surface area contributed by atoms with Crippen LogP contribution in [0.15, 0.2) is 36.4 Å². The van der Waals surface area contributed by atoms with Gasteiger partial charge in [-0.2, -0.15) is 0 Å². The molecule has 3 rings (SSSR count). The first-order valence-corrected chi connectivity index (χ1v) is 10.2. The summed E-state index contributed by atoms with van der Waals surface area (Å²) in [5.41, 5.74) is 1.50. The number of hydrogen-bond acceptors (Lipinski definition) is 6. The lowest BCUT2D eigenvalue weighted by Gasteiger charge is -2.09. The Kier molecular flexibility index (Phi) is 6.14. The molecule has 0 radical (unpaired) electrons. The third-order valence-corrected chi connectivity index (χ3v) is 5.81. The SMILES string of the molecule is CC(=O)Oc1cccc(I)c1-c1nnc(-c2c(I)cccc2I)nn1. The molecule has 0 aliphatic rings. The average Bonchev–Trinajstić information content (AvgIpc) is 2.55. The summed E-state index contributed by atoms with van der Waals surface area (Å²) in [5, 5.41) is 16.9. The molecule has 0 unspecified atom stereocenters. The van der Waals surface area contributed by atoms with Crippen LogP contribution in [0, 0.1) is 10.7 Å². The molecule has 3 aromatic rings. The van der Waals surface area contributed by atoms with Crippen molar-refractivity contribution in [2.24, 2.45) is 0 Å². The highest BCUT2D eigenvalue weighted by molar-refractivity contribution is 14.1. The van der Waals surface area contributed by atoms with Crippen molar-refractivity contribution in [3.8, 4) is 28.5 Å². The number of aromatic nitrogens is 4. The van der Waals surface area contributed by atoms with Gasteiger partial charge in [0, 0.05) is 23.2 Å². The molecule has 126 valence electrons. The Labute approximate surface area is 184 Å². The van der Waals surface area contributed by atoms with Gasteiger partial charge in [-0.3, -0.25) is 4.79 Å². The molecule has 9 heteroatoms. The van der Waals surface area contributed by atoms with Gasteiger partial charge in [0.05, 0.1) is 5.56 Å². The standard InChI is InChI=1S/C16H9I3N4O2/c1-8(24)25-12-7-3-6-11(19)14(12)16-22-20-15(21-23-16)13-9(17)4-2-5-10(13)18/h2-7H,1H3. The van der Waals surface area contributed by atoms with Crippen LogP contribution in [0.5, 0.6) is 5.75 Å². The van der Waals surface area contributed by atoms with Gasteiger partial charge in [0.2, 0.25) is 11.6 Å². The maximum Gasteiger partial charge on any atom is 0.308 e. The summed E-state index contributed by atoms with van der Waals surface area (Å²) in [7, 11) is 0. The van der Waals surface area contributed by atoms with Gasteiger partial charge in [0.25, 0.3) is 0 Å². The molecule has 0 spiro atoms. The second-order valence-corrected chi connectivity index (χ2v) is 8.34. The predicted molar refractivity (Wildman–Crippen MR) is 118 cm³/mol. The van der Waals surface area contributed by atoms with E-state index >= 15 is 0 Å². The second-order valence-electron chi connectivity index (χ2n) is 4.85. The molecule has 0 aliphatic carbocycles. The van der Waals surface area contributed by atoms with Crippen LogP contribution < -0.4 is 4.74 Å². The van der Waals surface area contributed by atoms with E-state index in [0.29, 0.717) is 23.0 Å². The van der Waals surface area contributed by atoms with E-state index in [2.05, 4.69) is 88.2 Å². The zero-order valence-corrected chi connectivity index (χ0v) is 19.2. The first-order chi connectivity index (χ1) is 12.0. The molecule has 6 nitrogen and oxygen atoms in total. The number of esters is 1. The van der Waals surface area contributed by atoms with Crippen LogP contribution in [0.2, 0.25) is 0 Å². The average molecular weight is 670 g/mol. The van der Waals surface area contributed by atoms with Crippen molar-refractivity contribution in [2.45, 2.75) is 6.92 Å². The Bertz CT molecular complexity index is 928. The quantitative estimate of drug-likeness (QED) is 0.235. The van der Waals surface area contributed by atoms with E-state index < -0.39 is 5.97 Å². The van der Waals surface area contributed by atoms with Crippen molar-refractivity contribution in [1.29, 1.82) is 0 Å². The van der Waals surface area contributed by atoms with E-state index in [9.17, 15) is 4.79 Å². The molecule has 25 heavy (non-hydrogen) atoms. The lowest BCUT2D eigenvalue weighted by Crippen LogP contribution is -2.06. The van der Waals surface area contributed by atoms with Crippen LogP contribution in [-0.4, -0.2) is 26.4 Å². The summed E-state index contributed by atoms with van der Waals surface area (Å²) >= 11 is 6.61. The number of rotatable bonds is 3. The Balaban J connectivity index is 2.06. The molecule has 1 heterocycles.